The third kappa shape index (κ3) is 4.95. The molecule has 2 aromatic rings. The van der Waals surface area contributed by atoms with Crippen molar-refractivity contribution in [3.05, 3.63) is 59.5 Å². The molecule has 0 fully saturated rings. The summed E-state index contributed by atoms with van der Waals surface area (Å²) in [5, 5.41) is 3.27. The van der Waals surface area contributed by atoms with E-state index in [1.807, 2.05) is 30.1 Å². The van der Waals surface area contributed by atoms with Gasteiger partial charge in [-0.1, -0.05) is 12.1 Å². The van der Waals surface area contributed by atoms with Crippen molar-refractivity contribution in [3.8, 4) is 5.88 Å². The topological polar surface area (TPSA) is 49.8 Å². The third-order valence-electron chi connectivity index (χ3n) is 3.34. The van der Waals surface area contributed by atoms with Crippen LogP contribution in [-0.4, -0.2) is 37.0 Å². The van der Waals surface area contributed by atoms with Crippen LogP contribution in [0.25, 0.3) is 0 Å². The van der Waals surface area contributed by atoms with Crippen LogP contribution in [0.1, 0.15) is 11.1 Å². The summed E-state index contributed by atoms with van der Waals surface area (Å²) in [4.78, 5) is 10.3. The molecule has 0 atom stereocenters. The molecule has 0 aliphatic heterocycles. The lowest BCUT2D eigenvalue weighted by Crippen LogP contribution is -2.38. The van der Waals surface area contributed by atoms with Crippen LogP contribution in [0.5, 0.6) is 5.88 Å². The predicted molar refractivity (Wildman–Crippen MR) is 88.9 cm³/mol. The lowest BCUT2D eigenvalue weighted by Gasteiger charge is -2.22. The van der Waals surface area contributed by atoms with E-state index in [1.165, 1.54) is 12.1 Å². The normalized spacial score (nSPS) is 11.2. The van der Waals surface area contributed by atoms with Gasteiger partial charge >= 0.3 is 0 Å². The van der Waals surface area contributed by atoms with E-state index in [2.05, 4.69) is 15.3 Å². The Labute approximate surface area is 135 Å². The number of nitrogens with one attached hydrogen (secondary N) is 1. The minimum atomic E-state index is -0.234. The Morgan fingerprint density at radius 2 is 2.13 bits per heavy atom. The lowest BCUT2D eigenvalue weighted by atomic mass is 10.2. The minimum Gasteiger partial charge on any atom is -0.481 e. The fourth-order valence-corrected chi connectivity index (χ4v) is 2.22. The van der Waals surface area contributed by atoms with Gasteiger partial charge in [0.25, 0.3) is 0 Å². The average Bonchev–Trinajstić information content (AvgIpc) is 2.55. The molecule has 23 heavy (non-hydrogen) atoms. The van der Waals surface area contributed by atoms with Crippen LogP contribution in [-0.2, 0) is 13.1 Å². The standard InChI is InChI=1S/C17H21FN4O/c1-19-17(21-11-13-7-8-20-16(10-13)23-3)22(2)12-14-5-4-6-15(18)9-14/h4-10H,11-12H2,1-3H3,(H,19,21). The number of methoxy groups -OCH3 is 1. The molecule has 2 rings (SSSR count). The van der Waals surface area contributed by atoms with Gasteiger partial charge in [-0.3, -0.25) is 4.99 Å². The van der Waals surface area contributed by atoms with E-state index in [4.69, 9.17) is 4.74 Å². The van der Waals surface area contributed by atoms with Gasteiger partial charge in [0.2, 0.25) is 5.88 Å². The number of halogens is 1. The Balaban J connectivity index is 1.96. The van der Waals surface area contributed by atoms with Crippen molar-refractivity contribution < 1.29 is 9.13 Å². The summed E-state index contributed by atoms with van der Waals surface area (Å²) in [6.45, 7) is 1.16. The van der Waals surface area contributed by atoms with Gasteiger partial charge in [-0.25, -0.2) is 9.37 Å². The van der Waals surface area contributed by atoms with E-state index in [0.717, 1.165) is 17.1 Å². The highest BCUT2D eigenvalue weighted by atomic mass is 19.1. The van der Waals surface area contributed by atoms with Crippen LogP contribution in [0.3, 0.4) is 0 Å². The van der Waals surface area contributed by atoms with Crippen molar-refractivity contribution in [2.75, 3.05) is 21.2 Å². The Morgan fingerprint density at radius 1 is 1.30 bits per heavy atom. The monoisotopic (exact) mass is 316 g/mol. The average molecular weight is 316 g/mol. The first-order valence-electron chi connectivity index (χ1n) is 7.27. The van der Waals surface area contributed by atoms with Crippen molar-refractivity contribution in [3.63, 3.8) is 0 Å². The van der Waals surface area contributed by atoms with E-state index < -0.39 is 0 Å². The number of nitrogens with zero attached hydrogens (tertiary/aromatic N) is 3. The molecular weight excluding hydrogens is 295 g/mol. The number of ether oxygens (including phenoxy) is 1. The molecule has 5 nitrogen and oxygen atoms in total. The fourth-order valence-electron chi connectivity index (χ4n) is 2.22. The summed E-state index contributed by atoms with van der Waals surface area (Å²) in [5.74, 6) is 1.07. The SMILES string of the molecule is CN=C(NCc1ccnc(OC)c1)N(C)Cc1cccc(F)c1. The largest absolute Gasteiger partial charge is 0.481 e. The number of hydrogen-bond acceptors (Lipinski definition) is 3. The molecule has 0 amide bonds. The molecule has 122 valence electrons. The van der Waals surface area contributed by atoms with E-state index >= 15 is 0 Å². The van der Waals surface area contributed by atoms with Gasteiger partial charge in [0, 0.05) is 39.4 Å². The highest BCUT2D eigenvalue weighted by molar-refractivity contribution is 5.79. The summed E-state index contributed by atoms with van der Waals surface area (Å²) in [5.41, 5.74) is 1.93. The molecule has 0 aliphatic rings. The summed E-state index contributed by atoms with van der Waals surface area (Å²) < 4.78 is 18.4. The van der Waals surface area contributed by atoms with E-state index in [9.17, 15) is 4.39 Å². The van der Waals surface area contributed by atoms with Crippen LogP contribution in [0, 0.1) is 5.82 Å². The van der Waals surface area contributed by atoms with Crippen molar-refractivity contribution in [1.29, 1.82) is 0 Å². The van der Waals surface area contributed by atoms with Gasteiger partial charge in [-0.15, -0.1) is 0 Å². The van der Waals surface area contributed by atoms with Crippen LogP contribution >= 0.6 is 0 Å². The number of pyridine rings is 1. The van der Waals surface area contributed by atoms with E-state index in [0.29, 0.717) is 19.0 Å². The van der Waals surface area contributed by atoms with Gasteiger partial charge in [-0.05, 0) is 29.3 Å². The molecule has 1 aromatic carbocycles. The minimum absolute atomic E-state index is 0.234. The Hall–Kier alpha value is -2.63. The number of rotatable bonds is 5. The van der Waals surface area contributed by atoms with Crippen molar-refractivity contribution >= 4 is 5.96 Å². The molecule has 0 radical (unpaired) electrons. The third-order valence-corrected chi connectivity index (χ3v) is 3.34. The molecule has 1 N–H and O–H groups in total. The summed E-state index contributed by atoms with van der Waals surface area (Å²) >= 11 is 0. The molecular formula is C17H21FN4O. The second kappa shape index (κ2) is 8.12. The lowest BCUT2D eigenvalue weighted by molar-refractivity contribution is 0.397. The van der Waals surface area contributed by atoms with Crippen molar-refractivity contribution in [2.24, 2.45) is 4.99 Å². The van der Waals surface area contributed by atoms with Crippen LogP contribution in [0.2, 0.25) is 0 Å². The van der Waals surface area contributed by atoms with E-state index in [1.54, 1.807) is 26.4 Å². The zero-order chi connectivity index (χ0) is 16.7. The number of aliphatic imine (C=N–C) groups is 1. The molecule has 0 bridgehead atoms. The van der Waals surface area contributed by atoms with Crippen molar-refractivity contribution in [1.82, 2.24) is 15.2 Å². The Morgan fingerprint density at radius 3 is 2.83 bits per heavy atom. The van der Waals surface area contributed by atoms with Crippen LogP contribution < -0.4 is 10.1 Å². The Kier molecular flexibility index (Phi) is 5.91. The highest BCUT2D eigenvalue weighted by Crippen LogP contribution is 2.09. The maximum atomic E-state index is 13.3. The summed E-state index contributed by atoms with van der Waals surface area (Å²) in [6.07, 6.45) is 1.70. The zero-order valence-electron chi connectivity index (χ0n) is 13.6. The molecule has 1 aromatic heterocycles. The molecule has 0 saturated carbocycles. The molecule has 6 heteroatoms. The quantitative estimate of drug-likeness (QED) is 0.680. The van der Waals surface area contributed by atoms with Gasteiger partial charge < -0.3 is 15.0 Å². The molecule has 0 saturated heterocycles. The summed E-state index contributed by atoms with van der Waals surface area (Å²) in [7, 11) is 5.22. The maximum absolute atomic E-state index is 13.3. The molecule has 0 unspecified atom stereocenters. The maximum Gasteiger partial charge on any atom is 0.213 e. The highest BCUT2D eigenvalue weighted by Gasteiger charge is 2.07. The fraction of sp³-hybridized carbons (Fsp3) is 0.294. The first-order valence-corrected chi connectivity index (χ1v) is 7.27. The zero-order valence-corrected chi connectivity index (χ0v) is 13.6. The first-order chi connectivity index (χ1) is 11.1. The number of benzene rings is 1. The van der Waals surface area contributed by atoms with Gasteiger partial charge in [0.1, 0.15) is 5.82 Å². The number of hydrogen-bond donors (Lipinski definition) is 1. The van der Waals surface area contributed by atoms with E-state index in [-0.39, 0.29) is 5.82 Å². The first kappa shape index (κ1) is 16.7. The molecule has 0 spiro atoms. The van der Waals surface area contributed by atoms with Gasteiger partial charge in [-0.2, -0.15) is 0 Å². The number of guanidine groups is 1. The van der Waals surface area contributed by atoms with Gasteiger partial charge in [0.05, 0.1) is 7.11 Å². The van der Waals surface area contributed by atoms with Crippen LogP contribution in [0.4, 0.5) is 4.39 Å². The second-order valence-corrected chi connectivity index (χ2v) is 5.09. The summed E-state index contributed by atoms with van der Waals surface area (Å²) in [6, 6.07) is 10.3. The second-order valence-electron chi connectivity index (χ2n) is 5.09. The molecule has 0 aliphatic carbocycles. The Bertz CT molecular complexity index is 675. The molecule has 1 heterocycles. The van der Waals surface area contributed by atoms with Crippen molar-refractivity contribution in [2.45, 2.75) is 13.1 Å². The van der Waals surface area contributed by atoms with Crippen LogP contribution in [0.15, 0.2) is 47.6 Å². The number of aromatic nitrogens is 1. The smallest absolute Gasteiger partial charge is 0.213 e. The van der Waals surface area contributed by atoms with Gasteiger partial charge in [0.15, 0.2) is 5.96 Å². The predicted octanol–water partition coefficient (Wildman–Crippen LogP) is 2.44.